The zero-order valence-electron chi connectivity index (χ0n) is 25.6. The van der Waals surface area contributed by atoms with Crippen molar-refractivity contribution >= 4 is 20.1 Å². The number of esters is 1. The third kappa shape index (κ3) is 7.84. The minimum atomic E-state index is -2.06. The van der Waals surface area contributed by atoms with E-state index in [2.05, 4.69) is 20.8 Å². The molecule has 1 N–H and O–H groups in total. The summed E-state index contributed by atoms with van der Waals surface area (Å²) >= 11 is 0. The Bertz CT molecular complexity index is 901. The Kier molecular flexibility index (Phi) is 12.9. The fourth-order valence-corrected chi connectivity index (χ4v) is 11.9. The van der Waals surface area contributed by atoms with Crippen molar-refractivity contribution in [3.63, 3.8) is 0 Å². The molecule has 1 aromatic carbocycles. The molecule has 1 aromatic rings. The SMILES string of the molecule is CCCC[Si](CCCC)(CCCC)OC[C@@]12CC[C@@H](COCc3ccccc3)[C@@]1(O)CCC(C(=O)OC)C(=O)C2. The van der Waals surface area contributed by atoms with E-state index in [1.165, 1.54) is 7.11 Å². The third-order valence-corrected chi connectivity index (χ3v) is 14.4. The van der Waals surface area contributed by atoms with E-state index < -0.39 is 31.2 Å². The number of ether oxygens (including phenoxy) is 2. The van der Waals surface area contributed by atoms with Gasteiger partial charge >= 0.3 is 5.97 Å². The first-order valence-corrected chi connectivity index (χ1v) is 18.4. The van der Waals surface area contributed by atoms with E-state index in [-0.39, 0.29) is 18.1 Å². The van der Waals surface area contributed by atoms with Crippen molar-refractivity contribution < 1.29 is 28.6 Å². The molecule has 3 rings (SSSR count). The number of ketones is 1. The molecule has 6 nitrogen and oxygen atoms in total. The number of unbranched alkanes of at least 4 members (excludes halogenated alkanes) is 3. The Morgan fingerprint density at radius 1 is 0.975 bits per heavy atom. The van der Waals surface area contributed by atoms with E-state index in [0.717, 1.165) is 68.6 Å². The Morgan fingerprint density at radius 2 is 1.60 bits per heavy atom. The average molecular weight is 575 g/mol. The van der Waals surface area contributed by atoms with E-state index >= 15 is 0 Å². The summed E-state index contributed by atoms with van der Waals surface area (Å²) in [5, 5.41) is 12.6. The highest BCUT2D eigenvalue weighted by Gasteiger charge is 2.62. The first kappa shape index (κ1) is 33.0. The third-order valence-electron chi connectivity index (χ3n) is 9.81. The molecule has 2 aliphatic carbocycles. The van der Waals surface area contributed by atoms with Crippen LogP contribution in [-0.2, 0) is 30.1 Å². The quantitative estimate of drug-likeness (QED) is 0.120. The van der Waals surface area contributed by atoms with Crippen molar-refractivity contribution in [2.75, 3.05) is 20.3 Å². The molecule has 0 bridgehead atoms. The standard InChI is InChI=1S/C33H54O6Si/c1-5-8-20-40(21-9-6-2,22-10-7-3)39-26-32-18-16-28(25-38-24-27-14-12-11-13-15-27)33(32,36)19-17-29(30(34)23-32)31(35)37-4/h11-15,28-29,36H,5-10,16-26H2,1-4H3/t28-,29?,32-,33-/m0/s1. The summed E-state index contributed by atoms with van der Waals surface area (Å²) < 4.78 is 18.3. The smallest absolute Gasteiger partial charge is 0.316 e. The zero-order chi connectivity index (χ0) is 29.1. The predicted octanol–water partition coefficient (Wildman–Crippen LogP) is 7.24. The average Bonchev–Trinajstić information content (AvgIpc) is 3.16. The van der Waals surface area contributed by atoms with Crippen molar-refractivity contribution in [1.82, 2.24) is 0 Å². The zero-order valence-corrected chi connectivity index (χ0v) is 26.6. The molecule has 4 atom stereocenters. The maximum atomic E-state index is 13.6. The number of aliphatic hydroxyl groups is 1. The molecule has 2 saturated carbocycles. The molecule has 0 spiro atoms. The van der Waals surface area contributed by atoms with Gasteiger partial charge in [-0.3, -0.25) is 9.59 Å². The van der Waals surface area contributed by atoms with Gasteiger partial charge < -0.3 is 19.0 Å². The van der Waals surface area contributed by atoms with Gasteiger partial charge in [-0.05, 0) is 49.4 Å². The van der Waals surface area contributed by atoms with E-state index in [1.807, 2.05) is 30.3 Å². The largest absolute Gasteiger partial charge is 0.468 e. The number of fused-ring (bicyclic) bond motifs is 1. The van der Waals surface area contributed by atoms with Crippen LogP contribution in [0.15, 0.2) is 30.3 Å². The molecule has 0 heterocycles. The normalized spacial score (nSPS) is 26.9. The number of methoxy groups -OCH3 is 1. The van der Waals surface area contributed by atoms with Crippen molar-refractivity contribution in [2.45, 2.75) is 122 Å². The van der Waals surface area contributed by atoms with Crippen LogP contribution in [0, 0.1) is 17.3 Å². The van der Waals surface area contributed by atoms with Crippen LogP contribution >= 0.6 is 0 Å². The van der Waals surface area contributed by atoms with Crippen LogP contribution in [0.3, 0.4) is 0 Å². The van der Waals surface area contributed by atoms with Crippen LogP contribution in [0.2, 0.25) is 18.1 Å². The maximum Gasteiger partial charge on any atom is 0.316 e. The lowest BCUT2D eigenvalue weighted by Gasteiger charge is -2.46. The van der Waals surface area contributed by atoms with Crippen molar-refractivity contribution in [3.8, 4) is 0 Å². The van der Waals surface area contributed by atoms with Crippen LogP contribution in [0.4, 0.5) is 0 Å². The van der Waals surface area contributed by atoms with Gasteiger partial charge in [0.05, 0.1) is 25.9 Å². The number of rotatable bonds is 17. The Balaban J connectivity index is 1.88. The number of benzene rings is 1. The lowest BCUT2D eigenvalue weighted by Crippen LogP contribution is -2.54. The molecular weight excluding hydrogens is 520 g/mol. The molecule has 0 radical (unpaired) electrons. The summed E-state index contributed by atoms with van der Waals surface area (Å²) in [4.78, 5) is 26.1. The molecule has 7 heteroatoms. The predicted molar refractivity (Wildman–Crippen MR) is 161 cm³/mol. The maximum absolute atomic E-state index is 13.6. The van der Waals surface area contributed by atoms with Gasteiger partial charge in [0.15, 0.2) is 8.32 Å². The lowest BCUT2D eigenvalue weighted by atomic mass is 9.68. The minimum absolute atomic E-state index is 0.109. The number of carbonyl (C=O) groups is 2. The first-order valence-electron chi connectivity index (χ1n) is 15.9. The molecule has 0 aliphatic heterocycles. The molecule has 2 aliphatic rings. The van der Waals surface area contributed by atoms with Crippen LogP contribution in [-0.4, -0.2) is 51.1 Å². The van der Waals surface area contributed by atoms with Crippen LogP contribution < -0.4 is 0 Å². The highest BCUT2D eigenvalue weighted by atomic mass is 28.4. The van der Waals surface area contributed by atoms with E-state index in [9.17, 15) is 14.7 Å². The van der Waals surface area contributed by atoms with Gasteiger partial charge in [-0.25, -0.2) is 0 Å². The summed E-state index contributed by atoms with van der Waals surface area (Å²) in [6.07, 6.45) is 9.28. The Morgan fingerprint density at radius 3 is 2.17 bits per heavy atom. The Hall–Kier alpha value is -1.54. The van der Waals surface area contributed by atoms with Gasteiger partial charge in [-0.15, -0.1) is 0 Å². The van der Waals surface area contributed by atoms with Gasteiger partial charge in [0.25, 0.3) is 0 Å². The van der Waals surface area contributed by atoms with Gasteiger partial charge in [-0.1, -0.05) is 89.6 Å². The molecule has 1 unspecified atom stereocenters. The summed E-state index contributed by atoms with van der Waals surface area (Å²) in [6.45, 7) is 8.04. The molecule has 0 aromatic heterocycles. The van der Waals surface area contributed by atoms with Gasteiger partial charge in [0, 0.05) is 24.4 Å². The molecular formula is C33H54O6Si. The molecule has 40 heavy (non-hydrogen) atoms. The summed E-state index contributed by atoms with van der Waals surface area (Å²) in [5.41, 5.74) is -0.721. The van der Waals surface area contributed by atoms with Crippen LogP contribution in [0.25, 0.3) is 0 Å². The van der Waals surface area contributed by atoms with E-state index in [4.69, 9.17) is 13.9 Å². The number of carbonyl (C=O) groups excluding carboxylic acids is 2. The number of Topliss-reactive ketones (excluding diaryl/α,β-unsaturated/α-hetero) is 1. The number of hydrogen-bond acceptors (Lipinski definition) is 6. The fourth-order valence-electron chi connectivity index (χ4n) is 7.17. The number of hydrogen-bond donors (Lipinski definition) is 1. The van der Waals surface area contributed by atoms with Gasteiger partial charge in [-0.2, -0.15) is 0 Å². The highest BCUT2D eigenvalue weighted by molar-refractivity contribution is 6.73. The minimum Gasteiger partial charge on any atom is -0.468 e. The molecule has 0 amide bonds. The van der Waals surface area contributed by atoms with Gasteiger partial charge in [0.1, 0.15) is 11.7 Å². The topological polar surface area (TPSA) is 82.1 Å². The van der Waals surface area contributed by atoms with Crippen molar-refractivity contribution in [1.29, 1.82) is 0 Å². The lowest BCUT2D eigenvalue weighted by molar-refractivity contribution is -0.150. The van der Waals surface area contributed by atoms with Crippen molar-refractivity contribution in [3.05, 3.63) is 35.9 Å². The van der Waals surface area contributed by atoms with Crippen LogP contribution in [0.1, 0.15) is 97.0 Å². The summed E-state index contributed by atoms with van der Waals surface area (Å²) in [5.74, 6) is -1.52. The molecule has 2 fully saturated rings. The second kappa shape index (κ2) is 15.6. The summed E-state index contributed by atoms with van der Waals surface area (Å²) in [7, 11) is -0.724. The molecule has 0 saturated heterocycles. The van der Waals surface area contributed by atoms with Crippen molar-refractivity contribution in [2.24, 2.45) is 17.3 Å². The highest BCUT2D eigenvalue weighted by Crippen LogP contribution is 2.57. The summed E-state index contributed by atoms with van der Waals surface area (Å²) in [6, 6.07) is 13.5. The van der Waals surface area contributed by atoms with Crippen LogP contribution in [0.5, 0.6) is 0 Å². The van der Waals surface area contributed by atoms with E-state index in [1.54, 1.807) is 0 Å². The monoisotopic (exact) mass is 574 g/mol. The fraction of sp³-hybridized carbons (Fsp3) is 0.758. The van der Waals surface area contributed by atoms with E-state index in [0.29, 0.717) is 39.1 Å². The second-order valence-electron chi connectivity index (χ2n) is 12.5. The first-order chi connectivity index (χ1) is 19.3. The second-order valence-corrected chi connectivity index (χ2v) is 16.6. The van der Waals surface area contributed by atoms with Gasteiger partial charge in [0.2, 0.25) is 0 Å². The Labute approximate surface area is 243 Å². The molecule has 226 valence electrons.